The molecule has 3 aromatic rings. The van der Waals surface area contributed by atoms with Crippen LogP contribution in [-0.2, 0) is 0 Å². The third kappa shape index (κ3) is 1.61. The van der Waals surface area contributed by atoms with Crippen LogP contribution in [0.2, 0.25) is 0 Å². The Labute approximate surface area is 137 Å². The molecule has 1 aliphatic carbocycles. The minimum Gasteiger partial charge on any atom is -0.507 e. The Kier molecular flexibility index (Phi) is 2.78. The summed E-state index contributed by atoms with van der Waals surface area (Å²) >= 11 is 0. The molecule has 0 atom stereocenters. The van der Waals surface area contributed by atoms with Crippen LogP contribution in [0.4, 0.5) is 0 Å². The second-order valence-electron chi connectivity index (χ2n) is 5.87. The van der Waals surface area contributed by atoms with Gasteiger partial charge in [-0.05, 0) is 30.7 Å². The maximum Gasteiger partial charge on any atom is 0.198 e. The lowest BCUT2D eigenvalue weighted by Crippen LogP contribution is -1.97. The first-order chi connectivity index (χ1) is 11.5. The number of ketones is 1. The molecule has 0 bridgehead atoms. The van der Waals surface area contributed by atoms with Gasteiger partial charge in [-0.15, -0.1) is 0 Å². The molecule has 5 nitrogen and oxygen atoms in total. The number of phenols is 3. The van der Waals surface area contributed by atoms with Crippen LogP contribution in [0.25, 0.3) is 21.9 Å². The number of benzene rings is 3. The van der Waals surface area contributed by atoms with Crippen molar-refractivity contribution in [2.75, 3.05) is 7.11 Å². The molecule has 0 aliphatic heterocycles. The van der Waals surface area contributed by atoms with Crippen molar-refractivity contribution in [3.63, 3.8) is 0 Å². The Morgan fingerprint density at radius 3 is 2.42 bits per heavy atom. The molecule has 24 heavy (non-hydrogen) atoms. The number of phenolic OH excluding ortho intramolecular Hbond substituents is 3. The third-order valence-corrected chi connectivity index (χ3v) is 4.45. The third-order valence-electron chi connectivity index (χ3n) is 4.45. The van der Waals surface area contributed by atoms with Crippen LogP contribution in [0.3, 0.4) is 0 Å². The van der Waals surface area contributed by atoms with Gasteiger partial charge in [0.05, 0.1) is 18.1 Å². The standard InChI is InChI=1S/C19H14O5/c1-8-6-10-13(11(20)7-8)15-16(18(10)22)19(23)14-9(17(15)21)4-3-5-12(14)24-2/h3-7,20-21,23H,1-2H3. The van der Waals surface area contributed by atoms with E-state index in [1.807, 2.05) is 0 Å². The molecule has 0 saturated carbocycles. The van der Waals surface area contributed by atoms with Crippen LogP contribution < -0.4 is 4.74 Å². The Bertz CT molecular complexity index is 1050. The largest absolute Gasteiger partial charge is 0.507 e. The lowest BCUT2D eigenvalue weighted by atomic mass is 9.96. The van der Waals surface area contributed by atoms with Gasteiger partial charge in [0.15, 0.2) is 5.78 Å². The van der Waals surface area contributed by atoms with Crippen molar-refractivity contribution in [3.05, 3.63) is 47.0 Å². The van der Waals surface area contributed by atoms with Gasteiger partial charge in [0, 0.05) is 22.1 Å². The second-order valence-corrected chi connectivity index (χ2v) is 5.87. The molecule has 0 spiro atoms. The van der Waals surface area contributed by atoms with E-state index < -0.39 is 5.78 Å². The average molecular weight is 322 g/mol. The maximum atomic E-state index is 12.8. The number of carbonyl (C=O) groups is 1. The van der Waals surface area contributed by atoms with Gasteiger partial charge in [-0.3, -0.25) is 4.79 Å². The number of fused-ring (bicyclic) bond motifs is 4. The van der Waals surface area contributed by atoms with Crippen molar-refractivity contribution >= 4 is 16.6 Å². The van der Waals surface area contributed by atoms with Crippen LogP contribution >= 0.6 is 0 Å². The number of ether oxygens (including phenoxy) is 1. The van der Waals surface area contributed by atoms with E-state index in [0.29, 0.717) is 16.7 Å². The Balaban J connectivity index is 2.23. The summed E-state index contributed by atoms with van der Waals surface area (Å²) in [4.78, 5) is 12.8. The zero-order valence-electron chi connectivity index (χ0n) is 13.0. The Hall–Kier alpha value is -3.21. The summed E-state index contributed by atoms with van der Waals surface area (Å²) in [5, 5.41) is 32.4. The van der Waals surface area contributed by atoms with Gasteiger partial charge >= 0.3 is 0 Å². The predicted molar refractivity (Wildman–Crippen MR) is 89.1 cm³/mol. The van der Waals surface area contributed by atoms with E-state index in [0.717, 1.165) is 0 Å². The van der Waals surface area contributed by atoms with E-state index >= 15 is 0 Å². The molecule has 0 radical (unpaired) electrons. The van der Waals surface area contributed by atoms with E-state index in [-0.39, 0.29) is 44.9 Å². The molecule has 0 fully saturated rings. The van der Waals surface area contributed by atoms with Crippen LogP contribution in [0.15, 0.2) is 30.3 Å². The minimum atomic E-state index is -0.431. The van der Waals surface area contributed by atoms with Crippen LogP contribution in [-0.4, -0.2) is 28.2 Å². The van der Waals surface area contributed by atoms with Gasteiger partial charge in [-0.1, -0.05) is 12.1 Å². The van der Waals surface area contributed by atoms with Gasteiger partial charge in [-0.25, -0.2) is 0 Å². The number of hydrogen-bond acceptors (Lipinski definition) is 5. The van der Waals surface area contributed by atoms with E-state index in [4.69, 9.17) is 4.74 Å². The normalized spacial score (nSPS) is 12.3. The predicted octanol–water partition coefficient (Wildman–Crippen LogP) is 3.49. The maximum absolute atomic E-state index is 12.8. The van der Waals surface area contributed by atoms with Gasteiger partial charge in [0.1, 0.15) is 23.0 Å². The number of hydrogen-bond donors (Lipinski definition) is 3. The van der Waals surface area contributed by atoms with Crippen molar-refractivity contribution in [2.45, 2.75) is 6.92 Å². The average Bonchev–Trinajstić information content (AvgIpc) is 2.85. The Morgan fingerprint density at radius 1 is 0.958 bits per heavy atom. The lowest BCUT2D eigenvalue weighted by Gasteiger charge is -2.13. The van der Waals surface area contributed by atoms with Crippen LogP contribution in [0.1, 0.15) is 21.5 Å². The van der Waals surface area contributed by atoms with Gasteiger partial charge < -0.3 is 20.1 Å². The molecule has 1 aliphatic rings. The summed E-state index contributed by atoms with van der Waals surface area (Å²) in [6, 6.07) is 8.11. The highest BCUT2D eigenvalue weighted by molar-refractivity contribution is 6.28. The topological polar surface area (TPSA) is 87.0 Å². The molecule has 120 valence electrons. The highest BCUT2D eigenvalue weighted by Crippen LogP contribution is 2.54. The first-order valence-electron chi connectivity index (χ1n) is 7.39. The van der Waals surface area contributed by atoms with Gasteiger partial charge in [-0.2, -0.15) is 0 Å². The highest BCUT2D eigenvalue weighted by atomic mass is 16.5. The van der Waals surface area contributed by atoms with Crippen LogP contribution in [0, 0.1) is 6.92 Å². The summed E-state index contributed by atoms with van der Waals surface area (Å²) in [7, 11) is 1.45. The fraction of sp³-hybridized carbons (Fsp3) is 0.105. The molecule has 0 saturated heterocycles. The SMILES string of the molecule is COc1cccc2c(O)c3c(c(O)c12)C(=O)c1cc(C)cc(O)c1-3. The van der Waals surface area contributed by atoms with Crippen molar-refractivity contribution < 1.29 is 24.9 Å². The number of methoxy groups -OCH3 is 1. The molecule has 3 aromatic carbocycles. The molecule has 5 heteroatoms. The molecular formula is C19H14O5. The number of aromatic hydroxyl groups is 3. The molecule has 4 rings (SSSR count). The smallest absolute Gasteiger partial charge is 0.198 e. The van der Waals surface area contributed by atoms with E-state index in [1.54, 1.807) is 31.2 Å². The van der Waals surface area contributed by atoms with Crippen molar-refractivity contribution in [1.29, 1.82) is 0 Å². The van der Waals surface area contributed by atoms with E-state index in [2.05, 4.69) is 0 Å². The van der Waals surface area contributed by atoms with Crippen molar-refractivity contribution in [1.82, 2.24) is 0 Å². The van der Waals surface area contributed by atoms with E-state index in [9.17, 15) is 20.1 Å². The van der Waals surface area contributed by atoms with Crippen LogP contribution in [0.5, 0.6) is 23.0 Å². The first-order valence-corrected chi connectivity index (χ1v) is 7.39. The Morgan fingerprint density at radius 2 is 1.71 bits per heavy atom. The molecule has 0 aromatic heterocycles. The summed E-state index contributed by atoms with van der Waals surface area (Å²) in [5.74, 6) is -0.600. The zero-order chi connectivity index (χ0) is 17.2. The fourth-order valence-electron chi connectivity index (χ4n) is 3.45. The number of aryl methyl sites for hydroxylation is 1. The van der Waals surface area contributed by atoms with E-state index in [1.165, 1.54) is 13.2 Å². The monoisotopic (exact) mass is 322 g/mol. The molecule has 3 N–H and O–H groups in total. The quantitative estimate of drug-likeness (QED) is 0.467. The van der Waals surface area contributed by atoms with Gasteiger partial charge in [0.2, 0.25) is 0 Å². The lowest BCUT2D eigenvalue weighted by molar-refractivity contribution is 0.104. The summed E-state index contributed by atoms with van der Waals surface area (Å²) in [6.07, 6.45) is 0. The summed E-state index contributed by atoms with van der Waals surface area (Å²) in [6.45, 7) is 1.76. The number of carbonyl (C=O) groups excluding carboxylic acids is 1. The fourth-order valence-corrected chi connectivity index (χ4v) is 3.45. The molecular weight excluding hydrogens is 308 g/mol. The zero-order valence-corrected chi connectivity index (χ0v) is 13.0. The first kappa shape index (κ1) is 14.4. The number of rotatable bonds is 1. The van der Waals surface area contributed by atoms with Crippen molar-refractivity contribution in [3.8, 4) is 34.1 Å². The molecule has 0 unspecified atom stereocenters. The molecule has 0 amide bonds. The summed E-state index contributed by atoms with van der Waals surface area (Å²) in [5.41, 5.74) is 1.38. The second kappa shape index (κ2) is 4.64. The van der Waals surface area contributed by atoms with Crippen molar-refractivity contribution in [2.24, 2.45) is 0 Å². The van der Waals surface area contributed by atoms with Gasteiger partial charge in [0.25, 0.3) is 0 Å². The molecule has 0 heterocycles. The highest BCUT2D eigenvalue weighted by Gasteiger charge is 2.36. The minimum absolute atomic E-state index is 0.0135. The summed E-state index contributed by atoms with van der Waals surface area (Å²) < 4.78 is 5.25.